The van der Waals surface area contributed by atoms with E-state index in [0.29, 0.717) is 21.2 Å². The molecule has 0 saturated heterocycles. The number of amides is 3. The molecule has 0 aliphatic carbocycles. The summed E-state index contributed by atoms with van der Waals surface area (Å²) in [5.74, 6) is -1.36. The second-order valence-electron chi connectivity index (χ2n) is 6.30. The Morgan fingerprint density at radius 2 is 1.68 bits per heavy atom. The molecule has 0 spiro atoms. The lowest BCUT2D eigenvalue weighted by molar-refractivity contribution is 0.0831. The average Bonchev–Trinajstić information content (AvgIpc) is 3.41. The molecule has 4 rings (SSSR count). The van der Waals surface area contributed by atoms with Gasteiger partial charge in [0.1, 0.15) is 4.88 Å². The molecule has 3 amide bonds. The maximum Gasteiger partial charge on any atom is 0.305 e. The fourth-order valence-electron chi connectivity index (χ4n) is 2.73. The van der Waals surface area contributed by atoms with Crippen LogP contribution in [-0.2, 0) is 0 Å². The van der Waals surface area contributed by atoms with E-state index < -0.39 is 11.8 Å². The molecule has 0 bridgehead atoms. The van der Waals surface area contributed by atoms with Gasteiger partial charge in [-0.2, -0.15) is 0 Å². The highest BCUT2D eigenvalue weighted by Crippen LogP contribution is 2.37. The summed E-state index contributed by atoms with van der Waals surface area (Å²) in [5.41, 5.74) is 5.34. The highest BCUT2D eigenvalue weighted by molar-refractivity contribution is 9.10. The van der Waals surface area contributed by atoms with Crippen LogP contribution < -0.4 is 16.2 Å². The number of carbonyl (C=O) groups is 3. The van der Waals surface area contributed by atoms with Crippen molar-refractivity contribution in [2.24, 2.45) is 0 Å². The number of halogens is 2. The molecule has 2 heterocycles. The van der Waals surface area contributed by atoms with Gasteiger partial charge >= 0.3 is 5.91 Å². The van der Waals surface area contributed by atoms with E-state index in [1.54, 1.807) is 18.2 Å². The number of thiophene rings is 1. The number of hydrogen-bond acceptors (Lipinski definition) is 5. The summed E-state index contributed by atoms with van der Waals surface area (Å²) in [7, 11) is 0. The van der Waals surface area contributed by atoms with E-state index in [1.165, 1.54) is 35.8 Å². The van der Waals surface area contributed by atoms with Crippen LogP contribution in [0.15, 0.2) is 69.8 Å². The quantitative estimate of drug-likeness (QED) is 0.322. The number of furan rings is 1. The minimum Gasteiger partial charge on any atom is -0.459 e. The first kappa shape index (κ1) is 21.1. The zero-order valence-corrected chi connectivity index (χ0v) is 18.7. The average molecular weight is 519 g/mol. The van der Waals surface area contributed by atoms with Gasteiger partial charge in [-0.3, -0.25) is 25.2 Å². The first-order valence-electron chi connectivity index (χ1n) is 8.85. The van der Waals surface area contributed by atoms with Crippen molar-refractivity contribution in [2.45, 2.75) is 0 Å². The molecule has 31 heavy (non-hydrogen) atoms. The number of rotatable bonds is 4. The number of hydrogen-bond donors (Lipinski definition) is 3. The highest BCUT2D eigenvalue weighted by Gasteiger charge is 2.18. The van der Waals surface area contributed by atoms with E-state index >= 15 is 0 Å². The van der Waals surface area contributed by atoms with Gasteiger partial charge in [-0.1, -0.05) is 33.6 Å². The zero-order chi connectivity index (χ0) is 22.0. The van der Waals surface area contributed by atoms with E-state index in [4.69, 9.17) is 16.0 Å². The molecule has 156 valence electrons. The summed E-state index contributed by atoms with van der Waals surface area (Å²) in [5, 5.41) is 3.98. The van der Waals surface area contributed by atoms with E-state index in [-0.39, 0.29) is 11.7 Å². The molecular formula is C21H13BrClN3O4S. The molecule has 0 atom stereocenters. The van der Waals surface area contributed by atoms with Crippen LogP contribution in [0, 0.1) is 0 Å². The van der Waals surface area contributed by atoms with E-state index in [2.05, 4.69) is 32.1 Å². The smallest absolute Gasteiger partial charge is 0.305 e. The van der Waals surface area contributed by atoms with Gasteiger partial charge in [0.15, 0.2) is 5.76 Å². The topological polar surface area (TPSA) is 100 Å². The van der Waals surface area contributed by atoms with Gasteiger partial charge in [-0.25, -0.2) is 0 Å². The fourth-order valence-corrected chi connectivity index (χ4v) is 4.70. The predicted octanol–water partition coefficient (Wildman–Crippen LogP) is 5.24. The van der Waals surface area contributed by atoms with E-state index in [0.717, 1.165) is 14.6 Å². The van der Waals surface area contributed by atoms with Crippen LogP contribution in [0.3, 0.4) is 0 Å². The Labute approximate surface area is 193 Å². The van der Waals surface area contributed by atoms with Crippen LogP contribution in [0.25, 0.3) is 10.1 Å². The van der Waals surface area contributed by atoms with Crippen LogP contribution in [0.1, 0.15) is 30.6 Å². The van der Waals surface area contributed by atoms with Gasteiger partial charge in [0.25, 0.3) is 11.8 Å². The van der Waals surface area contributed by atoms with Gasteiger partial charge in [0.05, 0.1) is 11.3 Å². The van der Waals surface area contributed by atoms with Gasteiger partial charge in [-0.05, 0) is 48.5 Å². The second-order valence-corrected chi connectivity index (χ2v) is 8.65. The molecule has 0 aliphatic rings. The molecule has 2 aromatic carbocycles. The molecule has 0 saturated carbocycles. The van der Waals surface area contributed by atoms with E-state index in [9.17, 15) is 14.4 Å². The zero-order valence-electron chi connectivity index (χ0n) is 15.6. The number of hydrazine groups is 1. The van der Waals surface area contributed by atoms with Crippen LogP contribution >= 0.6 is 38.9 Å². The molecule has 0 unspecified atom stereocenters. The van der Waals surface area contributed by atoms with Crippen molar-refractivity contribution in [3.05, 3.63) is 86.6 Å². The molecule has 0 aliphatic heterocycles. The van der Waals surface area contributed by atoms with Crippen LogP contribution in [0.5, 0.6) is 0 Å². The normalized spacial score (nSPS) is 10.6. The maximum absolute atomic E-state index is 12.7. The molecule has 3 N–H and O–H groups in total. The first-order valence-corrected chi connectivity index (χ1v) is 10.8. The Morgan fingerprint density at radius 1 is 0.935 bits per heavy atom. The predicted molar refractivity (Wildman–Crippen MR) is 123 cm³/mol. The lowest BCUT2D eigenvalue weighted by Crippen LogP contribution is -2.41. The Kier molecular flexibility index (Phi) is 6.08. The fraction of sp³-hybridized carbons (Fsp3) is 0. The third kappa shape index (κ3) is 4.63. The van der Waals surface area contributed by atoms with Gasteiger partial charge in [-0.15, -0.1) is 11.3 Å². The monoisotopic (exact) mass is 517 g/mol. The SMILES string of the molecule is O=C(NNC(=O)c1ccco1)c1ccc(NC(=O)c2sc3cc(Br)ccc3c2Cl)cc1. The van der Waals surface area contributed by atoms with E-state index in [1.807, 2.05) is 18.2 Å². The first-order chi connectivity index (χ1) is 14.9. The Morgan fingerprint density at radius 3 is 2.39 bits per heavy atom. The lowest BCUT2D eigenvalue weighted by atomic mass is 10.2. The van der Waals surface area contributed by atoms with Crippen LogP contribution in [0.2, 0.25) is 5.02 Å². The Hall–Kier alpha value is -3.14. The van der Waals surface area contributed by atoms with Crippen molar-refractivity contribution in [3.63, 3.8) is 0 Å². The summed E-state index contributed by atoms with van der Waals surface area (Å²) < 4.78 is 6.74. The number of carbonyl (C=O) groups excluding carboxylic acids is 3. The van der Waals surface area contributed by atoms with Crippen molar-refractivity contribution in [1.29, 1.82) is 0 Å². The molecule has 0 fully saturated rings. The van der Waals surface area contributed by atoms with Gasteiger partial charge in [0, 0.05) is 25.8 Å². The van der Waals surface area contributed by atoms with Gasteiger partial charge < -0.3 is 9.73 Å². The van der Waals surface area contributed by atoms with Crippen molar-refractivity contribution in [2.75, 3.05) is 5.32 Å². The lowest BCUT2D eigenvalue weighted by Gasteiger charge is -2.08. The minimum absolute atomic E-state index is 0.0746. The summed E-state index contributed by atoms with van der Waals surface area (Å²) in [4.78, 5) is 37.0. The highest BCUT2D eigenvalue weighted by atomic mass is 79.9. The van der Waals surface area contributed by atoms with Crippen LogP contribution in [-0.4, -0.2) is 17.7 Å². The maximum atomic E-state index is 12.7. The van der Waals surface area contributed by atoms with Gasteiger partial charge in [0.2, 0.25) is 0 Å². The summed E-state index contributed by atoms with van der Waals surface area (Å²) in [6.45, 7) is 0. The summed E-state index contributed by atoms with van der Waals surface area (Å²) in [6.07, 6.45) is 1.36. The number of fused-ring (bicyclic) bond motifs is 1. The third-order valence-corrected chi connectivity index (χ3v) is 6.39. The molecule has 0 radical (unpaired) electrons. The molecule has 4 aromatic rings. The van der Waals surface area contributed by atoms with Crippen molar-refractivity contribution >= 4 is 72.4 Å². The molecule has 2 aromatic heterocycles. The number of anilines is 1. The number of nitrogens with one attached hydrogen (secondary N) is 3. The molecule has 10 heteroatoms. The third-order valence-electron chi connectivity index (χ3n) is 4.24. The Balaban J connectivity index is 1.40. The molecular weight excluding hydrogens is 506 g/mol. The molecule has 7 nitrogen and oxygen atoms in total. The largest absolute Gasteiger partial charge is 0.459 e. The standard InChI is InChI=1S/C21H13BrClN3O4S/c22-12-5-8-14-16(10-12)31-18(17(14)23)21(29)24-13-6-3-11(4-7-13)19(27)25-26-20(28)15-2-1-9-30-15/h1-10H,(H,24,29)(H,25,27)(H,26,28). The Bertz CT molecular complexity index is 1290. The summed E-state index contributed by atoms with van der Waals surface area (Å²) >= 11 is 11.1. The van der Waals surface area contributed by atoms with Crippen molar-refractivity contribution in [1.82, 2.24) is 10.9 Å². The van der Waals surface area contributed by atoms with Crippen LogP contribution in [0.4, 0.5) is 5.69 Å². The second kappa shape index (κ2) is 8.93. The van der Waals surface area contributed by atoms with Crippen molar-refractivity contribution in [3.8, 4) is 0 Å². The van der Waals surface area contributed by atoms with Crippen molar-refractivity contribution < 1.29 is 18.8 Å². The summed E-state index contributed by atoms with van der Waals surface area (Å²) in [6, 6.07) is 14.9. The number of benzene rings is 2. The minimum atomic E-state index is -0.575.